The highest BCUT2D eigenvalue weighted by atomic mass is 16.5. The maximum Gasteiger partial charge on any atom is 0.221 e. The molecular formula is C9H16N4O2. The monoisotopic (exact) mass is 212 g/mol. The largest absolute Gasteiger partial charge is 0.382 e. The van der Waals surface area contributed by atoms with E-state index in [4.69, 9.17) is 15.2 Å². The molecule has 0 bridgehead atoms. The molecule has 0 atom stereocenters. The van der Waals surface area contributed by atoms with Crippen molar-refractivity contribution in [3.05, 3.63) is 12.3 Å². The number of hydrogen-bond donors (Lipinski definition) is 2. The van der Waals surface area contributed by atoms with Crippen LogP contribution in [0.2, 0.25) is 0 Å². The van der Waals surface area contributed by atoms with Gasteiger partial charge in [0.05, 0.1) is 19.8 Å². The summed E-state index contributed by atoms with van der Waals surface area (Å²) in [6.07, 6.45) is 1.61. The Labute approximate surface area is 88.8 Å². The van der Waals surface area contributed by atoms with Gasteiger partial charge in [-0.05, 0) is 6.07 Å². The summed E-state index contributed by atoms with van der Waals surface area (Å²) in [6.45, 7) is 2.50. The van der Waals surface area contributed by atoms with Gasteiger partial charge in [-0.25, -0.2) is 4.98 Å². The van der Waals surface area contributed by atoms with Gasteiger partial charge in [0.2, 0.25) is 5.95 Å². The number of aromatic nitrogens is 2. The van der Waals surface area contributed by atoms with Gasteiger partial charge in [-0.1, -0.05) is 0 Å². The van der Waals surface area contributed by atoms with Gasteiger partial charge in [0, 0.05) is 19.9 Å². The topological polar surface area (TPSA) is 82.3 Å². The minimum atomic E-state index is 0.264. The highest BCUT2D eigenvalue weighted by molar-refractivity contribution is 5.37. The van der Waals surface area contributed by atoms with Crippen molar-refractivity contribution in [2.75, 3.05) is 44.5 Å². The fourth-order valence-electron chi connectivity index (χ4n) is 0.968. The standard InChI is InChI=1S/C9H16N4O2/c1-14-6-7-15-5-4-11-8-2-3-12-9(10)13-8/h2-3H,4-7H2,1H3,(H3,10,11,12,13). The van der Waals surface area contributed by atoms with Crippen LogP contribution in [0.15, 0.2) is 12.3 Å². The molecule has 6 heteroatoms. The summed E-state index contributed by atoms with van der Waals surface area (Å²) in [5, 5.41) is 3.07. The van der Waals surface area contributed by atoms with Crippen LogP contribution >= 0.6 is 0 Å². The van der Waals surface area contributed by atoms with Gasteiger partial charge in [-0.3, -0.25) is 0 Å². The van der Waals surface area contributed by atoms with E-state index >= 15 is 0 Å². The summed E-state index contributed by atoms with van der Waals surface area (Å²) in [5.41, 5.74) is 5.42. The average molecular weight is 212 g/mol. The molecular weight excluding hydrogens is 196 g/mol. The molecule has 1 rings (SSSR count). The van der Waals surface area contributed by atoms with Crippen LogP contribution in [0.1, 0.15) is 0 Å². The molecule has 0 saturated carbocycles. The fourth-order valence-corrected chi connectivity index (χ4v) is 0.968. The number of rotatable bonds is 7. The van der Waals surface area contributed by atoms with E-state index < -0.39 is 0 Å². The van der Waals surface area contributed by atoms with E-state index in [1.54, 1.807) is 19.4 Å². The molecule has 1 aromatic rings. The van der Waals surface area contributed by atoms with Crippen LogP contribution in [0.4, 0.5) is 11.8 Å². The number of ether oxygens (including phenoxy) is 2. The zero-order chi connectivity index (χ0) is 10.9. The van der Waals surface area contributed by atoms with Gasteiger partial charge >= 0.3 is 0 Å². The Morgan fingerprint density at radius 3 is 3.00 bits per heavy atom. The molecule has 0 spiro atoms. The van der Waals surface area contributed by atoms with Crippen LogP contribution in [-0.4, -0.2) is 43.4 Å². The lowest BCUT2D eigenvalue weighted by Crippen LogP contribution is -2.13. The molecule has 0 radical (unpaired) electrons. The molecule has 3 N–H and O–H groups in total. The van der Waals surface area contributed by atoms with E-state index in [1.165, 1.54) is 0 Å². The molecule has 0 aliphatic rings. The molecule has 6 nitrogen and oxygen atoms in total. The summed E-state index contributed by atoms with van der Waals surface area (Å²) in [7, 11) is 1.64. The minimum absolute atomic E-state index is 0.264. The van der Waals surface area contributed by atoms with E-state index in [0.29, 0.717) is 32.2 Å². The third-order valence-electron chi connectivity index (χ3n) is 1.66. The number of methoxy groups -OCH3 is 1. The van der Waals surface area contributed by atoms with E-state index in [-0.39, 0.29) is 5.95 Å². The zero-order valence-electron chi connectivity index (χ0n) is 8.77. The number of anilines is 2. The summed E-state index contributed by atoms with van der Waals surface area (Å²) in [4.78, 5) is 7.77. The molecule has 0 saturated heterocycles. The van der Waals surface area contributed by atoms with Gasteiger partial charge < -0.3 is 20.5 Å². The number of nitrogens with one attached hydrogen (secondary N) is 1. The Bertz CT molecular complexity index is 283. The molecule has 84 valence electrons. The van der Waals surface area contributed by atoms with Gasteiger partial charge in [-0.2, -0.15) is 4.98 Å². The van der Waals surface area contributed by atoms with Gasteiger partial charge in [0.15, 0.2) is 0 Å². The van der Waals surface area contributed by atoms with Crippen molar-refractivity contribution in [3.63, 3.8) is 0 Å². The molecule has 0 unspecified atom stereocenters. The van der Waals surface area contributed by atoms with Crippen molar-refractivity contribution in [2.24, 2.45) is 0 Å². The lowest BCUT2D eigenvalue weighted by Gasteiger charge is -2.06. The first-order valence-electron chi connectivity index (χ1n) is 4.72. The molecule has 15 heavy (non-hydrogen) atoms. The van der Waals surface area contributed by atoms with Crippen LogP contribution in [0.25, 0.3) is 0 Å². The molecule has 0 aliphatic heterocycles. The normalized spacial score (nSPS) is 10.2. The predicted octanol–water partition coefficient (Wildman–Crippen LogP) is 0.134. The number of nitrogens with two attached hydrogens (primary N) is 1. The quantitative estimate of drug-likeness (QED) is 0.625. The van der Waals surface area contributed by atoms with E-state index in [0.717, 1.165) is 0 Å². The third kappa shape index (κ3) is 5.14. The van der Waals surface area contributed by atoms with Gasteiger partial charge in [-0.15, -0.1) is 0 Å². The minimum Gasteiger partial charge on any atom is -0.382 e. The molecule has 1 heterocycles. The van der Waals surface area contributed by atoms with Gasteiger partial charge in [0.1, 0.15) is 5.82 Å². The smallest absolute Gasteiger partial charge is 0.221 e. The molecule has 0 amide bonds. The Morgan fingerprint density at radius 2 is 2.27 bits per heavy atom. The first-order chi connectivity index (χ1) is 7.33. The van der Waals surface area contributed by atoms with Crippen LogP contribution in [0, 0.1) is 0 Å². The highest BCUT2D eigenvalue weighted by Crippen LogP contribution is 2.01. The molecule has 0 aliphatic carbocycles. The third-order valence-corrected chi connectivity index (χ3v) is 1.66. The van der Waals surface area contributed by atoms with Crippen molar-refractivity contribution in [3.8, 4) is 0 Å². The second-order valence-electron chi connectivity index (χ2n) is 2.83. The zero-order valence-corrected chi connectivity index (χ0v) is 8.77. The van der Waals surface area contributed by atoms with Crippen molar-refractivity contribution in [2.45, 2.75) is 0 Å². The molecule has 1 aromatic heterocycles. The first-order valence-corrected chi connectivity index (χ1v) is 4.72. The van der Waals surface area contributed by atoms with E-state index in [1.807, 2.05) is 0 Å². The summed E-state index contributed by atoms with van der Waals surface area (Å²) >= 11 is 0. The highest BCUT2D eigenvalue weighted by Gasteiger charge is 1.94. The van der Waals surface area contributed by atoms with E-state index in [2.05, 4.69) is 15.3 Å². The maximum absolute atomic E-state index is 5.42. The lowest BCUT2D eigenvalue weighted by atomic mass is 10.5. The van der Waals surface area contributed by atoms with Crippen LogP contribution in [0.5, 0.6) is 0 Å². The average Bonchev–Trinajstić information content (AvgIpc) is 2.23. The first kappa shape index (κ1) is 11.7. The summed E-state index contributed by atoms with van der Waals surface area (Å²) in [5.74, 6) is 0.971. The second-order valence-corrected chi connectivity index (χ2v) is 2.83. The van der Waals surface area contributed by atoms with Crippen molar-refractivity contribution in [1.82, 2.24) is 9.97 Å². The molecule has 0 aromatic carbocycles. The second kappa shape index (κ2) is 6.97. The number of nitrogen functional groups attached to an aromatic ring is 1. The van der Waals surface area contributed by atoms with Crippen LogP contribution in [0.3, 0.4) is 0 Å². The Hall–Kier alpha value is -1.40. The summed E-state index contributed by atoms with van der Waals surface area (Å²) < 4.78 is 10.1. The lowest BCUT2D eigenvalue weighted by molar-refractivity contribution is 0.0759. The number of hydrogen-bond acceptors (Lipinski definition) is 6. The van der Waals surface area contributed by atoms with Crippen molar-refractivity contribution in [1.29, 1.82) is 0 Å². The van der Waals surface area contributed by atoms with E-state index in [9.17, 15) is 0 Å². The Kier molecular flexibility index (Phi) is 5.42. The predicted molar refractivity (Wildman–Crippen MR) is 57.6 cm³/mol. The SMILES string of the molecule is COCCOCCNc1ccnc(N)n1. The molecule has 0 fully saturated rings. The Morgan fingerprint density at radius 1 is 1.40 bits per heavy atom. The fraction of sp³-hybridized carbons (Fsp3) is 0.556. The maximum atomic E-state index is 5.42. The number of nitrogens with zero attached hydrogens (tertiary/aromatic N) is 2. The van der Waals surface area contributed by atoms with Gasteiger partial charge in [0.25, 0.3) is 0 Å². The van der Waals surface area contributed by atoms with Crippen molar-refractivity contribution >= 4 is 11.8 Å². The Balaban J connectivity index is 2.10. The summed E-state index contributed by atoms with van der Waals surface area (Å²) in [6, 6.07) is 1.76. The van der Waals surface area contributed by atoms with Crippen LogP contribution in [-0.2, 0) is 9.47 Å². The van der Waals surface area contributed by atoms with Crippen molar-refractivity contribution < 1.29 is 9.47 Å². The van der Waals surface area contributed by atoms with Crippen LogP contribution < -0.4 is 11.1 Å².